The van der Waals surface area contributed by atoms with E-state index in [2.05, 4.69) is 4.37 Å². The highest BCUT2D eigenvalue weighted by molar-refractivity contribution is 7.13. The molecule has 6 nitrogen and oxygen atoms in total. The first kappa shape index (κ1) is 14.5. The Morgan fingerprint density at radius 1 is 1.00 bits per heavy atom. The van der Waals surface area contributed by atoms with Crippen LogP contribution in [0.5, 0.6) is 0 Å². The first-order valence-corrected chi connectivity index (χ1v) is 7.94. The molecule has 0 radical (unpaired) electrons. The van der Waals surface area contributed by atoms with Gasteiger partial charge in [0.1, 0.15) is 0 Å². The molecule has 2 amide bonds. The van der Waals surface area contributed by atoms with Gasteiger partial charge in [-0.3, -0.25) is 9.59 Å². The summed E-state index contributed by atoms with van der Waals surface area (Å²) in [4.78, 5) is 41.5. The Labute approximate surface area is 140 Å². The standard InChI is InChI=1S/C17H10N2O4S/c20-15(9-13-12-7-3-4-8-14(12)24-18-13)23-19-16(21)10-5-1-2-6-11(10)17(19)22/h1-8H,9H2. The van der Waals surface area contributed by atoms with Crippen LogP contribution in [0, 0.1) is 0 Å². The third-order valence-electron chi connectivity index (χ3n) is 3.71. The first-order chi connectivity index (χ1) is 11.6. The summed E-state index contributed by atoms with van der Waals surface area (Å²) in [7, 11) is 0. The van der Waals surface area contributed by atoms with Gasteiger partial charge in [0.15, 0.2) is 0 Å². The first-order valence-electron chi connectivity index (χ1n) is 7.17. The third kappa shape index (κ3) is 2.26. The Kier molecular flexibility index (Phi) is 3.35. The zero-order chi connectivity index (χ0) is 16.7. The molecule has 0 N–H and O–H groups in total. The number of rotatable bonds is 3. The lowest BCUT2D eigenvalue weighted by Gasteiger charge is -2.12. The number of hydrogen-bond acceptors (Lipinski definition) is 6. The molecule has 0 bridgehead atoms. The maximum Gasteiger partial charge on any atom is 0.339 e. The van der Waals surface area contributed by atoms with Crippen molar-refractivity contribution in [2.24, 2.45) is 0 Å². The molecule has 118 valence electrons. The van der Waals surface area contributed by atoms with Crippen LogP contribution in [0.25, 0.3) is 10.1 Å². The number of imide groups is 1. The van der Waals surface area contributed by atoms with Gasteiger partial charge < -0.3 is 4.84 Å². The highest BCUT2D eigenvalue weighted by atomic mass is 32.1. The van der Waals surface area contributed by atoms with Crippen LogP contribution in [-0.4, -0.2) is 27.2 Å². The molecule has 1 aliphatic heterocycles. The Morgan fingerprint density at radius 3 is 2.33 bits per heavy atom. The highest BCUT2D eigenvalue weighted by Crippen LogP contribution is 2.25. The fourth-order valence-electron chi connectivity index (χ4n) is 2.59. The number of hydroxylamine groups is 2. The van der Waals surface area contributed by atoms with E-state index in [1.54, 1.807) is 12.1 Å². The number of nitrogens with zero attached hydrogens (tertiary/aromatic N) is 2. The van der Waals surface area contributed by atoms with Crippen molar-refractivity contribution in [3.63, 3.8) is 0 Å². The lowest BCUT2D eigenvalue weighted by Crippen LogP contribution is -2.33. The fourth-order valence-corrected chi connectivity index (χ4v) is 3.38. The average Bonchev–Trinajstić information content (AvgIpc) is 3.11. The monoisotopic (exact) mass is 338 g/mol. The summed E-state index contributed by atoms with van der Waals surface area (Å²) >= 11 is 1.28. The maximum atomic E-state index is 12.2. The molecule has 0 unspecified atom stereocenters. The minimum atomic E-state index is -0.708. The molecule has 0 aliphatic carbocycles. The van der Waals surface area contributed by atoms with Gasteiger partial charge in [-0.15, -0.1) is 0 Å². The molecule has 0 fully saturated rings. The predicted octanol–water partition coefficient (Wildman–Crippen LogP) is 2.59. The molecule has 1 aromatic heterocycles. The highest BCUT2D eigenvalue weighted by Gasteiger charge is 2.38. The van der Waals surface area contributed by atoms with Gasteiger partial charge in [0.05, 0.1) is 27.9 Å². The summed E-state index contributed by atoms with van der Waals surface area (Å²) < 4.78 is 5.20. The van der Waals surface area contributed by atoms with Crippen LogP contribution >= 0.6 is 11.5 Å². The molecule has 2 heterocycles. The molecular weight excluding hydrogens is 328 g/mol. The van der Waals surface area contributed by atoms with E-state index in [0.717, 1.165) is 10.1 Å². The number of carbonyl (C=O) groups excluding carboxylic acids is 3. The van der Waals surface area contributed by atoms with E-state index >= 15 is 0 Å². The molecule has 0 spiro atoms. The second-order valence-corrected chi connectivity index (χ2v) is 6.02. The van der Waals surface area contributed by atoms with Crippen molar-refractivity contribution in [3.05, 3.63) is 65.4 Å². The topological polar surface area (TPSA) is 76.6 Å². The summed E-state index contributed by atoms with van der Waals surface area (Å²) in [5.41, 5.74) is 1.03. The smallest absolute Gasteiger partial charge is 0.329 e. The van der Waals surface area contributed by atoms with E-state index in [4.69, 9.17) is 4.84 Å². The van der Waals surface area contributed by atoms with Gasteiger partial charge >= 0.3 is 5.97 Å². The van der Waals surface area contributed by atoms with Crippen LogP contribution in [0.15, 0.2) is 48.5 Å². The summed E-state index contributed by atoms with van der Waals surface area (Å²) in [6.07, 6.45) is -0.114. The van der Waals surface area contributed by atoms with Gasteiger partial charge in [0.2, 0.25) is 0 Å². The molecule has 3 aromatic rings. The van der Waals surface area contributed by atoms with Crippen LogP contribution in [0.2, 0.25) is 0 Å². The van der Waals surface area contributed by atoms with Gasteiger partial charge in [0.25, 0.3) is 11.8 Å². The molecule has 1 aliphatic rings. The van der Waals surface area contributed by atoms with E-state index in [1.807, 2.05) is 24.3 Å². The number of amides is 2. The third-order valence-corrected chi connectivity index (χ3v) is 4.58. The summed E-state index contributed by atoms with van der Waals surface area (Å²) in [6.45, 7) is 0. The van der Waals surface area contributed by atoms with E-state index in [0.29, 0.717) is 10.8 Å². The molecule has 24 heavy (non-hydrogen) atoms. The van der Waals surface area contributed by atoms with Gasteiger partial charge in [-0.25, -0.2) is 4.79 Å². The molecular formula is C17H10N2O4S. The van der Waals surface area contributed by atoms with Crippen LogP contribution in [0.1, 0.15) is 26.4 Å². The minimum Gasteiger partial charge on any atom is -0.329 e. The van der Waals surface area contributed by atoms with Crippen molar-refractivity contribution < 1.29 is 19.2 Å². The quantitative estimate of drug-likeness (QED) is 0.686. The summed E-state index contributed by atoms with van der Waals surface area (Å²) in [6, 6.07) is 13.9. The Bertz CT molecular complexity index is 960. The van der Waals surface area contributed by atoms with Gasteiger partial charge in [-0.05, 0) is 29.7 Å². The second kappa shape index (κ2) is 5.54. The van der Waals surface area contributed by atoms with Crippen molar-refractivity contribution in [2.45, 2.75) is 6.42 Å². The maximum absolute atomic E-state index is 12.2. The molecule has 0 atom stereocenters. The summed E-state index contributed by atoms with van der Waals surface area (Å²) in [5.74, 6) is -1.97. The predicted molar refractivity (Wildman–Crippen MR) is 86.4 cm³/mol. The van der Waals surface area contributed by atoms with Crippen LogP contribution in [0.4, 0.5) is 0 Å². The van der Waals surface area contributed by atoms with Crippen molar-refractivity contribution >= 4 is 39.4 Å². The van der Waals surface area contributed by atoms with E-state index in [9.17, 15) is 14.4 Å². The Balaban J connectivity index is 1.53. The number of hydrogen-bond donors (Lipinski definition) is 0. The van der Waals surface area contributed by atoms with Gasteiger partial charge in [0, 0.05) is 5.39 Å². The zero-order valence-electron chi connectivity index (χ0n) is 12.3. The van der Waals surface area contributed by atoms with Crippen LogP contribution in [-0.2, 0) is 16.1 Å². The number of fused-ring (bicyclic) bond motifs is 2. The number of carbonyl (C=O) groups is 3. The zero-order valence-corrected chi connectivity index (χ0v) is 13.1. The number of benzene rings is 2. The van der Waals surface area contributed by atoms with Crippen LogP contribution < -0.4 is 0 Å². The second-order valence-electron chi connectivity index (χ2n) is 5.22. The molecule has 4 rings (SSSR count). The molecule has 2 aromatic carbocycles. The van der Waals surface area contributed by atoms with Crippen molar-refractivity contribution in [1.82, 2.24) is 9.44 Å². The van der Waals surface area contributed by atoms with E-state index in [1.165, 1.54) is 23.7 Å². The SMILES string of the molecule is O=C(Cc1nsc2ccccc12)ON1C(=O)c2ccccc2C1=O. The largest absolute Gasteiger partial charge is 0.339 e. The molecule has 0 saturated heterocycles. The Hall–Kier alpha value is -3.06. The average molecular weight is 338 g/mol. The van der Waals surface area contributed by atoms with E-state index < -0.39 is 17.8 Å². The van der Waals surface area contributed by atoms with Gasteiger partial charge in [-0.2, -0.15) is 4.37 Å². The molecule has 0 saturated carbocycles. The van der Waals surface area contributed by atoms with Crippen molar-refractivity contribution in [3.8, 4) is 0 Å². The molecule has 7 heteroatoms. The lowest BCUT2D eigenvalue weighted by molar-refractivity contribution is -0.167. The van der Waals surface area contributed by atoms with Crippen molar-refractivity contribution in [1.29, 1.82) is 0 Å². The van der Waals surface area contributed by atoms with Crippen molar-refractivity contribution in [2.75, 3.05) is 0 Å². The lowest BCUT2D eigenvalue weighted by atomic mass is 10.1. The van der Waals surface area contributed by atoms with Crippen LogP contribution in [0.3, 0.4) is 0 Å². The fraction of sp³-hybridized carbons (Fsp3) is 0.0588. The van der Waals surface area contributed by atoms with Gasteiger partial charge in [-0.1, -0.05) is 35.4 Å². The Morgan fingerprint density at radius 2 is 1.62 bits per heavy atom. The summed E-state index contributed by atoms with van der Waals surface area (Å²) in [5, 5.41) is 1.38. The minimum absolute atomic E-state index is 0.114. The van der Waals surface area contributed by atoms with E-state index in [-0.39, 0.29) is 17.5 Å². The number of aromatic nitrogens is 1. The normalized spacial score (nSPS) is 13.4.